The number of nitrogens with one attached hydrogen (secondary N) is 3. The van der Waals surface area contributed by atoms with Gasteiger partial charge in [0.05, 0.1) is 60.8 Å². The molecule has 14 nitrogen and oxygen atoms in total. The van der Waals surface area contributed by atoms with E-state index in [1.807, 2.05) is 34.3 Å². The third-order valence-electron chi connectivity index (χ3n) is 13.4. The molecule has 27 heteroatoms. The Morgan fingerprint density at radius 1 is 0.614 bits per heavy atom. The normalized spacial score (nSPS) is 15.9. The number of aromatic amines is 3. The molecule has 0 saturated carbocycles. The maximum absolute atomic E-state index is 14.2. The summed E-state index contributed by atoms with van der Waals surface area (Å²) in [6.07, 6.45) is -3.86. The fourth-order valence-electron chi connectivity index (χ4n) is 9.35. The smallest absolute Gasteiger partial charge is 0.454 e. The summed E-state index contributed by atoms with van der Waals surface area (Å²) in [6, 6.07) is 19.1. The molecule has 3 aliphatic heterocycles. The second kappa shape index (κ2) is 24.2. The number of ether oxygens (including phenoxy) is 5. The Morgan fingerprint density at radius 2 is 1.08 bits per heavy atom. The number of H-pyrrole nitrogens is 3. The molecule has 0 bridgehead atoms. The van der Waals surface area contributed by atoms with Crippen LogP contribution in [0.1, 0.15) is 51.7 Å². The molecule has 13 rings (SSSR count). The number of nitrogens with zero attached hydrogens (tertiary/aromatic N) is 1. The van der Waals surface area contributed by atoms with Crippen molar-refractivity contribution >= 4 is 134 Å². The molecule has 2 atom stereocenters. The Labute approximate surface area is 508 Å². The van der Waals surface area contributed by atoms with Crippen LogP contribution in [0.5, 0.6) is 23.0 Å². The lowest BCUT2D eigenvalue weighted by molar-refractivity contribution is -0.271. The van der Waals surface area contributed by atoms with Crippen LogP contribution in [0.3, 0.4) is 0 Å². The molecule has 1 saturated heterocycles. The van der Waals surface area contributed by atoms with Gasteiger partial charge >= 0.3 is 18.0 Å². The van der Waals surface area contributed by atoms with Crippen LogP contribution in [0.15, 0.2) is 146 Å². The largest absolute Gasteiger partial charge is 0.469 e. The Morgan fingerprint density at radius 3 is 1.58 bits per heavy atom. The van der Waals surface area contributed by atoms with Gasteiger partial charge in [-0.05, 0) is 118 Å². The molecule has 4 N–H and O–H groups in total. The van der Waals surface area contributed by atoms with Crippen LogP contribution in [0, 0.1) is 6.61 Å². The SMILES string of the molecule is CC(C)(CC(O)(Cn1cc(Br)c(=O)c2sccc21)C(F)(F)F)c1cccc2c1OCO2.CC(C)(CC1(C(F)(F)F)[CH+]O1)c1cccc2c1OCO2.O=c1c(Br)c[nH]c2ccsc12.O=c1c(Br)c[nH]c2ccsc12.O=c1cc[nH]c2ccsc12. The van der Waals surface area contributed by atoms with Gasteiger partial charge in [-0.3, -0.25) is 19.2 Å². The first kappa shape index (κ1) is 61.6. The van der Waals surface area contributed by atoms with Crippen molar-refractivity contribution in [2.45, 2.75) is 81.5 Å². The van der Waals surface area contributed by atoms with Gasteiger partial charge in [0, 0.05) is 53.8 Å². The van der Waals surface area contributed by atoms with E-state index in [0.29, 0.717) is 53.3 Å². The zero-order chi connectivity index (χ0) is 59.9. The standard InChI is InChI=1S/C21H19BrF3NO4S.C14H14F3O3.2C7H4BrNOS.C7H5NOS/c1-19(2,12-4-3-5-15-17(12)30-11-29-15)9-20(28,21(23,24)25)10-26-8-13(22)16(27)18-14(26)6-7-31-18;1-12(2,6-13(7-20-13)14(15,16)17)9-4-3-5-10-11(9)19-8-18-10;2*8-4-3-9-5-1-2-11-7(5)6(4)10;9-6-1-3-8-5-2-4-10-7(5)6/h3-8,28H,9-11H2,1-2H3;3-5,7H,6,8H2,1-2H3;2*1-3H,(H,9,10);1-4H,(H,8,9)/q;+1;;;. The topological polar surface area (TPSA) is 190 Å². The third kappa shape index (κ3) is 13.2. The van der Waals surface area contributed by atoms with E-state index in [1.54, 1.807) is 100 Å². The third-order valence-corrected chi connectivity index (χ3v) is 18.8. The van der Waals surface area contributed by atoms with Crippen molar-refractivity contribution in [3.8, 4) is 23.0 Å². The molecule has 1 fully saturated rings. The predicted molar refractivity (Wildman–Crippen MR) is 322 cm³/mol. The highest BCUT2D eigenvalue weighted by molar-refractivity contribution is 9.11. The zero-order valence-electron chi connectivity index (χ0n) is 43.7. The van der Waals surface area contributed by atoms with Crippen LogP contribution in [0.25, 0.3) is 40.9 Å². The minimum absolute atomic E-state index is 0.00642. The molecule has 2 aromatic carbocycles. The average molecular weight is 1420 g/mol. The molecular weight excluding hydrogens is 1370 g/mol. The molecule has 2 unspecified atom stereocenters. The zero-order valence-corrected chi connectivity index (χ0v) is 51.7. The van der Waals surface area contributed by atoms with E-state index < -0.39 is 47.4 Å². The van der Waals surface area contributed by atoms with E-state index in [0.717, 1.165) is 48.6 Å². The number of benzene rings is 2. The first-order valence-electron chi connectivity index (χ1n) is 24.6. The Kier molecular flexibility index (Phi) is 18.0. The number of aliphatic hydroxyl groups is 1. The minimum atomic E-state index is -4.92. The van der Waals surface area contributed by atoms with Gasteiger partial charge in [-0.2, -0.15) is 26.3 Å². The number of pyridine rings is 4. The van der Waals surface area contributed by atoms with Crippen LogP contribution in [0.4, 0.5) is 26.3 Å². The summed E-state index contributed by atoms with van der Waals surface area (Å²) < 4.78 is 113. The van der Waals surface area contributed by atoms with Crippen LogP contribution < -0.4 is 40.7 Å². The van der Waals surface area contributed by atoms with Crippen LogP contribution >= 0.6 is 93.1 Å². The van der Waals surface area contributed by atoms with Crippen molar-refractivity contribution in [3.05, 3.63) is 185 Å². The molecule has 8 aromatic heterocycles. The van der Waals surface area contributed by atoms with Crippen LogP contribution in [0.2, 0.25) is 0 Å². The van der Waals surface area contributed by atoms with Crippen molar-refractivity contribution in [2.24, 2.45) is 0 Å². The van der Waals surface area contributed by atoms with Gasteiger partial charge in [-0.15, -0.1) is 50.1 Å². The lowest BCUT2D eigenvalue weighted by atomic mass is 9.74. The summed E-state index contributed by atoms with van der Waals surface area (Å²) in [6.45, 7) is 6.92. The highest BCUT2D eigenvalue weighted by Crippen LogP contribution is 2.56. The van der Waals surface area contributed by atoms with E-state index in [9.17, 15) is 50.6 Å². The number of para-hydroxylation sites is 2. The molecule has 0 amide bonds. The molecule has 0 spiro atoms. The number of hydrogen-bond acceptors (Lipinski definition) is 14. The van der Waals surface area contributed by atoms with E-state index in [4.69, 9.17) is 18.9 Å². The highest BCUT2D eigenvalue weighted by Gasteiger charge is 2.80. The maximum Gasteiger partial charge on any atom is 0.469 e. The second-order valence-corrected chi connectivity index (χ2v) is 26.4. The van der Waals surface area contributed by atoms with Crippen molar-refractivity contribution in [3.63, 3.8) is 0 Å². The molecule has 0 radical (unpaired) electrons. The van der Waals surface area contributed by atoms with E-state index in [1.165, 1.54) is 44.8 Å². The van der Waals surface area contributed by atoms with Crippen molar-refractivity contribution in [1.29, 1.82) is 0 Å². The fourth-order valence-corrected chi connectivity index (χ4v) is 14.1. The molecule has 436 valence electrons. The summed E-state index contributed by atoms with van der Waals surface area (Å²) in [5.74, 6) is 1.95. The molecule has 10 aromatic rings. The van der Waals surface area contributed by atoms with Crippen molar-refractivity contribution in [2.75, 3.05) is 13.6 Å². The predicted octanol–water partition coefficient (Wildman–Crippen LogP) is 15.1. The Bertz CT molecular complexity index is 4150. The van der Waals surface area contributed by atoms with Gasteiger partial charge in [0.2, 0.25) is 29.9 Å². The number of hydrogen-bond donors (Lipinski definition) is 4. The summed E-state index contributed by atoms with van der Waals surface area (Å²) in [5, 5.41) is 18.3. The first-order valence-corrected chi connectivity index (χ1v) is 30.5. The summed E-state index contributed by atoms with van der Waals surface area (Å²) in [4.78, 5) is 55.0. The molecule has 3 aliphatic rings. The molecule has 11 heterocycles. The van der Waals surface area contributed by atoms with E-state index in [2.05, 4.69) is 67.5 Å². The Hall–Kier alpha value is -5.91. The molecular formula is C56H46Br3F6N4O10S4+. The summed E-state index contributed by atoms with van der Waals surface area (Å²) in [5.41, 5.74) is -2.84. The first-order chi connectivity index (χ1) is 39.1. The fraction of sp³-hybridized carbons (Fsp3) is 0.268. The summed E-state index contributed by atoms with van der Waals surface area (Å²) >= 11 is 15.0. The number of aromatic nitrogens is 4. The lowest BCUT2D eigenvalue weighted by Gasteiger charge is -2.38. The van der Waals surface area contributed by atoms with Crippen LogP contribution in [-0.4, -0.2) is 61.8 Å². The minimum Gasteiger partial charge on any atom is -0.454 e. The second-order valence-electron chi connectivity index (χ2n) is 20.2. The maximum atomic E-state index is 14.2. The number of fused-ring (bicyclic) bond motifs is 6. The molecule has 0 aliphatic carbocycles. The number of halogens is 9. The van der Waals surface area contributed by atoms with Gasteiger partial charge in [0.25, 0.3) is 6.61 Å². The number of epoxide rings is 1. The van der Waals surface area contributed by atoms with Crippen LogP contribution in [-0.2, 0) is 22.1 Å². The monoisotopic (exact) mass is 1410 g/mol. The van der Waals surface area contributed by atoms with Gasteiger partial charge in [0.15, 0.2) is 34.0 Å². The van der Waals surface area contributed by atoms with Gasteiger partial charge < -0.3 is 43.6 Å². The lowest BCUT2D eigenvalue weighted by Crippen LogP contribution is -2.52. The van der Waals surface area contributed by atoms with E-state index >= 15 is 0 Å². The van der Waals surface area contributed by atoms with Gasteiger partial charge in [0.1, 0.15) is 0 Å². The van der Waals surface area contributed by atoms with Crippen molar-refractivity contribution < 1.29 is 55.1 Å². The summed E-state index contributed by atoms with van der Waals surface area (Å²) in [7, 11) is 0. The number of alkyl halides is 6. The van der Waals surface area contributed by atoms with Crippen molar-refractivity contribution in [1.82, 2.24) is 19.5 Å². The van der Waals surface area contributed by atoms with E-state index in [-0.39, 0.29) is 46.2 Å². The molecule has 83 heavy (non-hydrogen) atoms. The van der Waals surface area contributed by atoms with Gasteiger partial charge in [-0.25, -0.2) is 0 Å². The average Bonchev–Trinajstić information content (AvgIpc) is 4.39. The quantitative estimate of drug-likeness (QED) is 0.0647. The number of thiophene rings is 4. The highest BCUT2D eigenvalue weighted by atomic mass is 79.9. The number of rotatable bonds is 8. The van der Waals surface area contributed by atoms with Gasteiger partial charge in [-0.1, -0.05) is 52.0 Å². The Balaban J connectivity index is 0.000000135.